The zero-order valence-corrected chi connectivity index (χ0v) is 18.9. The Morgan fingerprint density at radius 3 is 2.71 bits per heavy atom. The number of hydrogen-bond donors (Lipinski definition) is 1. The van der Waals surface area contributed by atoms with Gasteiger partial charge in [0.1, 0.15) is 17.4 Å². The molecule has 4 rings (SSSR count). The molecule has 1 aliphatic heterocycles. The fraction of sp³-hybridized carbons (Fsp3) is 0.273. The molecule has 0 unspecified atom stereocenters. The highest BCUT2D eigenvalue weighted by Crippen LogP contribution is 2.30. The summed E-state index contributed by atoms with van der Waals surface area (Å²) in [5, 5.41) is 9.59. The van der Waals surface area contributed by atoms with Gasteiger partial charge in [-0.3, -0.25) is 4.79 Å². The van der Waals surface area contributed by atoms with E-state index in [2.05, 4.69) is 4.98 Å². The number of anilines is 2. The van der Waals surface area contributed by atoms with Gasteiger partial charge in [-0.2, -0.15) is 10.2 Å². The lowest BCUT2D eigenvalue weighted by Gasteiger charge is -2.34. The molecule has 2 N–H and O–H groups in total. The molecule has 3 aromatic rings. The zero-order chi connectivity index (χ0) is 24.2. The number of nitrogens with zero attached hydrogens (tertiary/aromatic N) is 4. The number of carbonyl (C=O) groups is 2. The lowest BCUT2D eigenvalue weighted by Crippen LogP contribution is -2.50. The summed E-state index contributed by atoms with van der Waals surface area (Å²) in [5.74, 6) is 0.0268. The maximum atomic E-state index is 12.6. The van der Waals surface area contributed by atoms with Crippen LogP contribution in [0.5, 0.6) is 5.75 Å². The fourth-order valence-corrected chi connectivity index (χ4v) is 3.62. The normalized spacial score (nSPS) is 13.4. The lowest BCUT2D eigenvalue weighted by molar-refractivity contribution is -0.134. The van der Waals surface area contributed by atoms with E-state index >= 15 is 0 Å². The second-order valence-electron chi connectivity index (χ2n) is 7.28. The number of aromatic nitrogens is 1. The molecule has 1 aliphatic rings. The van der Waals surface area contributed by atoms with Crippen LogP contribution in [-0.4, -0.2) is 61.7 Å². The molecule has 1 amide bonds. The number of ether oxygens (including phenoxy) is 2. The Morgan fingerprint density at radius 1 is 1.29 bits per heavy atom. The Labute approximate surface area is 199 Å². The highest BCUT2D eigenvalue weighted by atomic mass is 35.5. The molecule has 2 aromatic heterocycles. The second kappa shape index (κ2) is 9.76. The fourth-order valence-electron chi connectivity index (χ4n) is 3.46. The number of oxazole rings is 1. The second-order valence-corrected chi connectivity index (χ2v) is 7.69. The number of rotatable bonds is 6. The first kappa shape index (κ1) is 23.0. The molecule has 1 saturated heterocycles. The van der Waals surface area contributed by atoms with E-state index in [4.69, 9.17) is 35.6 Å². The summed E-state index contributed by atoms with van der Waals surface area (Å²) in [6, 6.07) is 8.15. The molecule has 12 heteroatoms. The van der Waals surface area contributed by atoms with Crippen molar-refractivity contribution in [2.75, 3.05) is 50.5 Å². The van der Waals surface area contributed by atoms with Gasteiger partial charge in [0.05, 0.1) is 24.1 Å². The first-order valence-corrected chi connectivity index (χ1v) is 10.6. The van der Waals surface area contributed by atoms with Gasteiger partial charge in [0.2, 0.25) is 11.6 Å². The topological polar surface area (TPSA) is 148 Å². The van der Waals surface area contributed by atoms with E-state index in [0.717, 1.165) is 0 Å². The molecule has 0 bridgehead atoms. The van der Waals surface area contributed by atoms with Crippen molar-refractivity contribution < 1.29 is 27.9 Å². The number of nitrogen functional groups attached to an aromatic ring is 1. The third-order valence-corrected chi connectivity index (χ3v) is 5.56. The van der Waals surface area contributed by atoms with E-state index in [1.54, 1.807) is 17.0 Å². The van der Waals surface area contributed by atoms with Gasteiger partial charge >= 0.3 is 5.97 Å². The average molecular weight is 486 g/mol. The molecule has 3 heterocycles. The van der Waals surface area contributed by atoms with E-state index in [1.807, 2.05) is 11.0 Å². The predicted molar refractivity (Wildman–Crippen MR) is 120 cm³/mol. The SMILES string of the molecule is COc1cc(N)c(Cl)cc1C(=O)OCC(=O)N1CCN(c2oc(-c3ccco3)nc2C#N)CC1. The van der Waals surface area contributed by atoms with Crippen LogP contribution in [0.1, 0.15) is 16.1 Å². The number of methoxy groups -OCH3 is 1. The molecular weight excluding hydrogens is 466 g/mol. The van der Waals surface area contributed by atoms with Crippen LogP contribution in [0.3, 0.4) is 0 Å². The number of amides is 1. The van der Waals surface area contributed by atoms with Crippen molar-refractivity contribution in [1.29, 1.82) is 5.26 Å². The number of nitriles is 1. The highest BCUT2D eigenvalue weighted by molar-refractivity contribution is 6.33. The maximum Gasteiger partial charge on any atom is 0.342 e. The monoisotopic (exact) mass is 485 g/mol. The molecule has 0 atom stereocenters. The molecule has 34 heavy (non-hydrogen) atoms. The number of esters is 1. The van der Waals surface area contributed by atoms with Gasteiger partial charge in [0, 0.05) is 32.2 Å². The van der Waals surface area contributed by atoms with E-state index in [1.165, 1.54) is 25.5 Å². The minimum absolute atomic E-state index is 0.0704. The molecule has 176 valence electrons. The van der Waals surface area contributed by atoms with Gasteiger partial charge in [-0.05, 0) is 18.2 Å². The van der Waals surface area contributed by atoms with Crippen molar-refractivity contribution in [3.63, 3.8) is 0 Å². The standard InChI is InChI=1S/C22H20ClN5O6/c1-31-18-10-15(25)14(23)9-13(18)22(30)33-12-19(29)27-4-6-28(7-5-27)21-16(11-24)26-20(34-21)17-3-2-8-32-17/h2-3,8-10H,4-7,12,25H2,1H3. The Hall–Kier alpha value is -4.17. The van der Waals surface area contributed by atoms with Gasteiger partial charge in [-0.1, -0.05) is 11.6 Å². The van der Waals surface area contributed by atoms with E-state index in [-0.39, 0.29) is 39.5 Å². The molecule has 11 nitrogen and oxygen atoms in total. The Kier molecular flexibility index (Phi) is 6.60. The van der Waals surface area contributed by atoms with E-state index in [0.29, 0.717) is 37.8 Å². The highest BCUT2D eigenvalue weighted by Gasteiger charge is 2.28. The van der Waals surface area contributed by atoms with Crippen molar-refractivity contribution in [2.45, 2.75) is 0 Å². The van der Waals surface area contributed by atoms with Crippen molar-refractivity contribution >= 4 is 35.0 Å². The number of hydrogen-bond acceptors (Lipinski definition) is 10. The van der Waals surface area contributed by atoms with Crippen LogP contribution >= 0.6 is 11.6 Å². The lowest BCUT2D eigenvalue weighted by atomic mass is 10.2. The summed E-state index contributed by atoms with van der Waals surface area (Å²) in [7, 11) is 1.38. The summed E-state index contributed by atoms with van der Waals surface area (Å²) in [4.78, 5) is 32.6. The quantitative estimate of drug-likeness (QED) is 0.407. The maximum absolute atomic E-state index is 12.6. The van der Waals surface area contributed by atoms with Crippen LogP contribution in [0.4, 0.5) is 11.6 Å². The number of halogens is 1. The van der Waals surface area contributed by atoms with Gasteiger partial charge in [0.25, 0.3) is 11.8 Å². The van der Waals surface area contributed by atoms with E-state index < -0.39 is 12.6 Å². The number of nitrogens with two attached hydrogens (primary N) is 1. The number of furan rings is 1. The molecule has 0 spiro atoms. The van der Waals surface area contributed by atoms with Crippen LogP contribution < -0.4 is 15.4 Å². The van der Waals surface area contributed by atoms with Crippen molar-refractivity contribution in [1.82, 2.24) is 9.88 Å². The largest absolute Gasteiger partial charge is 0.496 e. The summed E-state index contributed by atoms with van der Waals surface area (Å²) in [6.45, 7) is 1.05. The van der Waals surface area contributed by atoms with E-state index in [9.17, 15) is 14.9 Å². The first-order valence-electron chi connectivity index (χ1n) is 10.2. The van der Waals surface area contributed by atoms with Gasteiger partial charge < -0.3 is 33.8 Å². The molecule has 0 aliphatic carbocycles. The Balaban J connectivity index is 1.34. The average Bonchev–Trinajstić information content (AvgIpc) is 3.54. The van der Waals surface area contributed by atoms with Crippen LogP contribution in [0.2, 0.25) is 5.02 Å². The predicted octanol–water partition coefficient (Wildman–Crippen LogP) is 2.56. The van der Waals surface area contributed by atoms with Gasteiger partial charge in [-0.15, -0.1) is 0 Å². The minimum atomic E-state index is -0.753. The van der Waals surface area contributed by atoms with Crippen molar-refractivity contribution in [3.8, 4) is 23.5 Å². The van der Waals surface area contributed by atoms with Crippen LogP contribution in [0, 0.1) is 11.3 Å². The Morgan fingerprint density at radius 2 is 2.06 bits per heavy atom. The molecule has 1 aromatic carbocycles. The number of carbonyl (C=O) groups excluding carboxylic acids is 2. The molecule has 1 fully saturated rings. The van der Waals surface area contributed by atoms with Crippen molar-refractivity contribution in [3.05, 3.63) is 46.8 Å². The minimum Gasteiger partial charge on any atom is -0.496 e. The number of piperazine rings is 1. The summed E-state index contributed by atoms with van der Waals surface area (Å²) in [6.07, 6.45) is 1.49. The molecular formula is C22H20ClN5O6. The third-order valence-electron chi connectivity index (χ3n) is 5.23. The van der Waals surface area contributed by atoms with Crippen molar-refractivity contribution in [2.24, 2.45) is 0 Å². The van der Waals surface area contributed by atoms with Crippen LogP contribution in [0.25, 0.3) is 11.7 Å². The smallest absolute Gasteiger partial charge is 0.342 e. The summed E-state index contributed by atoms with van der Waals surface area (Å²) < 4.78 is 21.3. The Bertz CT molecular complexity index is 1240. The van der Waals surface area contributed by atoms with Crippen LogP contribution in [-0.2, 0) is 9.53 Å². The summed E-state index contributed by atoms with van der Waals surface area (Å²) >= 11 is 5.98. The third kappa shape index (κ3) is 4.62. The van der Waals surface area contributed by atoms with Gasteiger partial charge in [-0.25, -0.2) is 4.79 Å². The zero-order valence-electron chi connectivity index (χ0n) is 18.1. The first-order chi connectivity index (χ1) is 16.4. The molecule has 0 radical (unpaired) electrons. The molecule has 0 saturated carbocycles. The summed E-state index contributed by atoms with van der Waals surface area (Å²) in [5.41, 5.74) is 6.18. The van der Waals surface area contributed by atoms with Gasteiger partial charge in [0.15, 0.2) is 12.4 Å². The number of benzene rings is 1. The van der Waals surface area contributed by atoms with Crippen LogP contribution in [0.15, 0.2) is 39.4 Å².